The zero-order chi connectivity index (χ0) is 5.82. The molecule has 0 fully saturated rings. The standard InChI is InChI=1S/C4H6N4/c1-8-4-2-3-5-6-7-8/h2H,4H2,1H3. The van der Waals surface area contributed by atoms with Gasteiger partial charge in [0.15, 0.2) is 0 Å². The van der Waals surface area contributed by atoms with Crippen molar-refractivity contribution >= 4 is 5.87 Å². The Hall–Kier alpha value is -1.15. The number of hydrogen-bond donors (Lipinski definition) is 0. The van der Waals surface area contributed by atoms with E-state index in [1.54, 1.807) is 11.1 Å². The van der Waals surface area contributed by atoms with E-state index in [1.807, 2.05) is 7.05 Å². The monoisotopic (exact) mass is 110 g/mol. The highest BCUT2D eigenvalue weighted by Gasteiger charge is 1.87. The molecular formula is C4H6N4. The molecule has 0 spiro atoms. The second-order valence-electron chi connectivity index (χ2n) is 1.45. The summed E-state index contributed by atoms with van der Waals surface area (Å²) < 4.78 is 0. The van der Waals surface area contributed by atoms with Gasteiger partial charge >= 0.3 is 0 Å². The van der Waals surface area contributed by atoms with Crippen molar-refractivity contribution < 1.29 is 0 Å². The molecule has 0 saturated carbocycles. The van der Waals surface area contributed by atoms with Crippen molar-refractivity contribution in [1.29, 1.82) is 0 Å². The molecule has 0 radical (unpaired) electrons. The van der Waals surface area contributed by atoms with Gasteiger partial charge in [0, 0.05) is 19.0 Å². The molecule has 0 aromatic carbocycles. The third-order valence-electron chi connectivity index (χ3n) is 0.742. The molecular weight excluding hydrogens is 104 g/mol. The van der Waals surface area contributed by atoms with Gasteiger partial charge in [0.1, 0.15) is 0 Å². The minimum Gasteiger partial charge on any atom is -0.276 e. The number of rotatable bonds is 0. The average molecular weight is 110 g/mol. The van der Waals surface area contributed by atoms with Crippen LogP contribution in [0.4, 0.5) is 0 Å². The molecule has 8 heavy (non-hydrogen) atoms. The first-order valence-electron chi connectivity index (χ1n) is 2.28. The molecule has 0 atom stereocenters. The average Bonchev–Trinajstić information content (AvgIpc) is 1.94. The molecule has 1 aliphatic rings. The van der Waals surface area contributed by atoms with Gasteiger partial charge in [-0.15, -0.1) is 0 Å². The van der Waals surface area contributed by atoms with E-state index in [9.17, 15) is 0 Å². The molecule has 0 aliphatic carbocycles. The maximum absolute atomic E-state index is 3.62. The maximum atomic E-state index is 3.62. The van der Waals surface area contributed by atoms with Crippen LogP contribution in [0.25, 0.3) is 0 Å². The van der Waals surface area contributed by atoms with Gasteiger partial charge in [-0.05, 0) is 5.22 Å². The van der Waals surface area contributed by atoms with Crippen molar-refractivity contribution in [3.8, 4) is 0 Å². The molecule has 1 heterocycles. The Morgan fingerprint density at radius 1 is 1.75 bits per heavy atom. The lowest BCUT2D eigenvalue weighted by Crippen LogP contribution is -2.08. The van der Waals surface area contributed by atoms with E-state index in [0.29, 0.717) is 0 Å². The van der Waals surface area contributed by atoms with E-state index in [2.05, 4.69) is 21.4 Å². The van der Waals surface area contributed by atoms with Gasteiger partial charge < -0.3 is 0 Å². The Balaban J connectivity index is 2.66. The smallest absolute Gasteiger partial charge is 0.0645 e. The van der Waals surface area contributed by atoms with Gasteiger partial charge in [0.25, 0.3) is 0 Å². The second-order valence-corrected chi connectivity index (χ2v) is 1.45. The predicted octanol–water partition coefficient (Wildman–Crippen LogP) is 0.440. The van der Waals surface area contributed by atoms with Gasteiger partial charge in [0.05, 0.1) is 6.54 Å². The minimum atomic E-state index is 0.729. The summed E-state index contributed by atoms with van der Waals surface area (Å²) in [5, 5.41) is 12.1. The normalized spacial score (nSPS) is 16.9. The van der Waals surface area contributed by atoms with Gasteiger partial charge in [-0.1, -0.05) is 10.3 Å². The highest BCUT2D eigenvalue weighted by molar-refractivity contribution is 5.51. The molecule has 0 aromatic heterocycles. The first-order chi connectivity index (χ1) is 3.89. The Labute approximate surface area is 47.2 Å². The van der Waals surface area contributed by atoms with Crippen LogP contribution in [0.1, 0.15) is 0 Å². The van der Waals surface area contributed by atoms with E-state index < -0.39 is 0 Å². The van der Waals surface area contributed by atoms with Crippen molar-refractivity contribution in [2.75, 3.05) is 13.6 Å². The Morgan fingerprint density at radius 2 is 2.62 bits per heavy atom. The fourth-order valence-electron chi connectivity index (χ4n) is 0.364. The quantitative estimate of drug-likeness (QED) is 0.446. The summed E-state index contributed by atoms with van der Waals surface area (Å²) in [7, 11) is 1.82. The Morgan fingerprint density at radius 3 is 3.50 bits per heavy atom. The number of hydrogen-bond acceptors (Lipinski definition) is 4. The molecule has 0 aromatic rings. The molecule has 0 N–H and O–H groups in total. The fraction of sp³-hybridized carbons (Fsp3) is 0.500. The molecule has 0 bridgehead atoms. The minimum absolute atomic E-state index is 0.729. The van der Waals surface area contributed by atoms with Crippen LogP contribution in [0.15, 0.2) is 21.6 Å². The zero-order valence-corrected chi connectivity index (χ0v) is 4.57. The summed E-state index contributed by atoms with van der Waals surface area (Å²) in [6, 6.07) is 0. The van der Waals surface area contributed by atoms with Crippen LogP contribution in [-0.2, 0) is 0 Å². The molecule has 0 saturated heterocycles. The van der Waals surface area contributed by atoms with E-state index in [-0.39, 0.29) is 0 Å². The number of likely N-dealkylation sites (N-methyl/N-ethyl adjacent to an activating group) is 1. The summed E-state index contributed by atoms with van der Waals surface area (Å²) in [4.78, 5) is 0. The summed E-state index contributed by atoms with van der Waals surface area (Å²) in [6.45, 7) is 0.729. The topological polar surface area (TPSA) is 40.3 Å². The Kier molecular flexibility index (Phi) is 1.39. The van der Waals surface area contributed by atoms with Crippen molar-refractivity contribution in [2.45, 2.75) is 0 Å². The summed E-state index contributed by atoms with van der Waals surface area (Å²) in [6.07, 6.45) is 1.76. The van der Waals surface area contributed by atoms with Crippen molar-refractivity contribution in [3.05, 3.63) is 6.08 Å². The lowest BCUT2D eigenvalue weighted by molar-refractivity contribution is 0.366. The van der Waals surface area contributed by atoms with Gasteiger partial charge in [-0.25, -0.2) is 0 Å². The van der Waals surface area contributed by atoms with Crippen LogP contribution in [0, 0.1) is 0 Å². The molecule has 0 amide bonds. The van der Waals surface area contributed by atoms with Crippen LogP contribution in [-0.4, -0.2) is 24.5 Å². The zero-order valence-electron chi connectivity index (χ0n) is 4.57. The maximum Gasteiger partial charge on any atom is 0.0645 e. The van der Waals surface area contributed by atoms with Crippen LogP contribution in [0.3, 0.4) is 0 Å². The number of nitrogens with zero attached hydrogens (tertiary/aromatic N) is 4. The van der Waals surface area contributed by atoms with Gasteiger partial charge in [-0.3, -0.25) is 5.01 Å². The molecule has 42 valence electrons. The first-order valence-corrected chi connectivity index (χ1v) is 2.28. The summed E-state index contributed by atoms with van der Waals surface area (Å²) in [5.41, 5.74) is 0. The SMILES string of the molecule is CN1CC=C=NN=N1. The van der Waals surface area contributed by atoms with E-state index in [1.165, 1.54) is 0 Å². The highest BCUT2D eigenvalue weighted by atomic mass is 15.6. The molecule has 4 nitrogen and oxygen atoms in total. The van der Waals surface area contributed by atoms with Gasteiger partial charge in [0.2, 0.25) is 0 Å². The third-order valence-corrected chi connectivity index (χ3v) is 0.742. The molecule has 1 rings (SSSR count). The highest BCUT2D eigenvalue weighted by Crippen LogP contribution is 1.87. The first kappa shape index (κ1) is 5.00. The van der Waals surface area contributed by atoms with E-state index >= 15 is 0 Å². The van der Waals surface area contributed by atoms with Gasteiger partial charge in [-0.2, -0.15) is 0 Å². The molecule has 4 heteroatoms. The van der Waals surface area contributed by atoms with Crippen LogP contribution < -0.4 is 0 Å². The van der Waals surface area contributed by atoms with E-state index in [4.69, 9.17) is 0 Å². The Bertz CT molecular complexity index is 153. The molecule has 1 aliphatic heterocycles. The summed E-state index contributed by atoms with van der Waals surface area (Å²) in [5.74, 6) is 2.58. The van der Waals surface area contributed by atoms with E-state index in [0.717, 1.165) is 6.54 Å². The second kappa shape index (κ2) is 2.23. The third kappa shape index (κ3) is 1.17. The van der Waals surface area contributed by atoms with Crippen LogP contribution in [0.5, 0.6) is 0 Å². The van der Waals surface area contributed by atoms with Crippen molar-refractivity contribution in [2.24, 2.45) is 15.5 Å². The van der Waals surface area contributed by atoms with Crippen LogP contribution in [0.2, 0.25) is 0 Å². The fourth-order valence-corrected chi connectivity index (χ4v) is 0.364. The summed E-state index contributed by atoms with van der Waals surface area (Å²) >= 11 is 0. The van der Waals surface area contributed by atoms with Crippen LogP contribution >= 0.6 is 0 Å². The molecule has 0 unspecified atom stereocenters. The lowest BCUT2D eigenvalue weighted by atomic mass is 10.6. The van der Waals surface area contributed by atoms with Crippen molar-refractivity contribution in [1.82, 2.24) is 5.01 Å². The van der Waals surface area contributed by atoms with Crippen molar-refractivity contribution in [3.63, 3.8) is 0 Å². The largest absolute Gasteiger partial charge is 0.276 e. The predicted molar refractivity (Wildman–Crippen MR) is 29.5 cm³/mol. The lowest BCUT2D eigenvalue weighted by Gasteiger charge is -2.02.